The predicted molar refractivity (Wildman–Crippen MR) is 152 cm³/mol. The zero-order chi connectivity index (χ0) is 24.4. The van der Waals surface area contributed by atoms with Gasteiger partial charge in [0.1, 0.15) is 0 Å². The highest BCUT2D eigenvalue weighted by Crippen LogP contribution is 2.49. The summed E-state index contributed by atoms with van der Waals surface area (Å²) in [6, 6.07) is 18.1. The molecule has 4 nitrogen and oxygen atoms in total. The van der Waals surface area contributed by atoms with Crippen LogP contribution in [0.2, 0.25) is 0 Å². The highest BCUT2D eigenvalue weighted by Gasteiger charge is 2.45. The van der Waals surface area contributed by atoms with Crippen molar-refractivity contribution in [2.45, 2.75) is 83.1 Å². The Morgan fingerprint density at radius 1 is 0.944 bits per heavy atom. The first-order valence-electron chi connectivity index (χ1n) is 14.7. The number of fused-ring (bicyclic) bond motifs is 4. The molecule has 0 bridgehead atoms. The van der Waals surface area contributed by atoms with Crippen LogP contribution in [-0.2, 0) is 6.42 Å². The van der Waals surface area contributed by atoms with E-state index in [1.165, 1.54) is 106 Å². The number of piperidine rings is 1. The minimum atomic E-state index is 0.130. The van der Waals surface area contributed by atoms with E-state index in [-0.39, 0.29) is 5.54 Å². The number of anilines is 3. The number of aryl methyl sites for hydroxylation is 1. The van der Waals surface area contributed by atoms with Crippen LogP contribution in [0.4, 0.5) is 17.1 Å². The number of para-hydroxylation sites is 2. The first-order valence-corrected chi connectivity index (χ1v) is 14.7. The van der Waals surface area contributed by atoms with Gasteiger partial charge in [0, 0.05) is 31.0 Å². The Bertz CT molecular complexity index is 1050. The molecule has 2 aromatic carbocycles. The van der Waals surface area contributed by atoms with Gasteiger partial charge in [0.2, 0.25) is 0 Å². The van der Waals surface area contributed by atoms with Crippen molar-refractivity contribution in [3.63, 3.8) is 0 Å². The minimum absolute atomic E-state index is 0.130. The van der Waals surface area contributed by atoms with Crippen LogP contribution in [0, 0.1) is 11.8 Å². The molecule has 3 aliphatic heterocycles. The Morgan fingerprint density at radius 3 is 2.64 bits per heavy atom. The molecule has 6 rings (SSSR count). The van der Waals surface area contributed by atoms with Gasteiger partial charge in [0.15, 0.2) is 0 Å². The molecular weight excluding hydrogens is 440 g/mol. The summed E-state index contributed by atoms with van der Waals surface area (Å²) in [5, 5.41) is 6.44. The van der Waals surface area contributed by atoms with Crippen molar-refractivity contribution in [3.05, 3.63) is 65.9 Å². The van der Waals surface area contributed by atoms with E-state index in [9.17, 15) is 0 Å². The zero-order valence-electron chi connectivity index (χ0n) is 22.1. The molecular formula is C32H44N4. The van der Waals surface area contributed by atoms with Crippen molar-refractivity contribution in [2.75, 3.05) is 35.3 Å². The van der Waals surface area contributed by atoms with Gasteiger partial charge in [0.05, 0.1) is 16.9 Å². The monoisotopic (exact) mass is 484 g/mol. The van der Waals surface area contributed by atoms with Crippen LogP contribution in [0.15, 0.2) is 60.3 Å². The molecule has 1 saturated carbocycles. The highest BCUT2D eigenvalue weighted by atomic mass is 15.5. The number of hydrazine groups is 1. The lowest BCUT2D eigenvalue weighted by Crippen LogP contribution is -2.49. The molecule has 0 aromatic heterocycles. The summed E-state index contributed by atoms with van der Waals surface area (Å²) >= 11 is 0. The molecule has 4 aliphatic rings. The van der Waals surface area contributed by atoms with Crippen molar-refractivity contribution < 1.29 is 0 Å². The molecule has 2 N–H and O–H groups in total. The van der Waals surface area contributed by atoms with Crippen molar-refractivity contribution in [1.29, 1.82) is 0 Å². The standard InChI is InChI=1S/C32H44N4/c1-25-23-31-32(33-29-12-3-4-13-30(29)36(31)24-25)19-8-11-26(18-20-32)9-7-10-27-14-16-28(17-15-27)34-35-21-5-2-6-22-35/h3-4,12-17,23,25-26,33-34H,2,5-11,18-22,24H2,1H3. The number of hydrogen-bond acceptors (Lipinski definition) is 4. The molecule has 2 fully saturated rings. The summed E-state index contributed by atoms with van der Waals surface area (Å²) in [5.41, 5.74) is 10.7. The van der Waals surface area contributed by atoms with Crippen LogP contribution in [0.3, 0.4) is 0 Å². The van der Waals surface area contributed by atoms with Crippen LogP contribution in [0.25, 0.3) is 0 Å². The summed E-state index contributed by atoms with van der Waals surface area (Å²) in [7, 11) is 0. The third kappa shape index (κ3) is 5.02. The fraction of sp³-hybridized carbons (Fsp3) is 0.562. The quantitative estimate of drug-likeness (QED) is 0.442. The maximum Gasteiger partial charge on any atom is 0.0773 e. The van der Waals surface area contributed by atoms with Gasteiger partial charge in [-0.2, -0.15) is 0 Å². The normalized spacial score (nSPS) is 28.1. The molecule has 0 amide bonds. The Hall–Kier alpha value is -2.46. The third-order valence-electron chi connectivity index (χ3n) is 9.13. The molecule has 3 heterocycles. The van der Waals surface area contributed by atoms with E-state index in [0.29, 0.717) is 5.92 Å². The molecule has 1 saturated heterocycles. The average Bonchev–Trinajstić information content (AvgIpc) is 3.20. The summed E-state index contributed by atoms with van der Waals surface area (Å²) in [6.07, 6.45) is 17.0. The van der Waals surface area contributed by atoms with Crippen LogP contribution in [0.5, 0.6) is 0 Å². The van der Waals surface area contributed by atoms with Crippen molar-refractivity contribution >= 4 is 17.1 Å². The first-order chi connectivity index (χ1) is 17.7. The van der Waals surface area contributed by atoms with Crippen LogP contribution >= 0.6 is 0 Å². The Morgan fingerprint density at radius 2 is 1.78 bits per heavy atom. The minimum Gasteiger partial charge on any atom is -0.372 e. The first kappa shape index (κ1) is 23.9. The number of hydrogen-bond donors (Lipinski definition) is 2. The molecule has 36 heavy (non-hydrogen) atoms. The van der Waals surface area contributed by atoms with Gasteiger partial charge in [-0.3, -0.25) is 0 Å². The van der Waals surface area contributed by atoms with Gasteiger partial charge in [-0.1, -0.05) is 62.9 Å². The molecule has 192 valence electrons. The molecule has 3 atom stereocenters. The molecule has 1 aliphatic carbocycles. The molecule has 0 radical (unpaired) electrons. The maximum atomic E-state index is 4.06. The third-order valence-corrected chi connectivity index (χ3v) is 9.13. The number of rotatable bonds is 6. The van der Waals surface area contributed by atoms with E-state index >= 15 is 0 Å². The van der Waals surface area contributed by atoms with Crippen LogP contribution in [0.1, 0.15) is 76.7 Å². The van der Waals surface area contributed by atoms with Gasteiger partial charge in [0.25, 0.3) is 0 Å². The van der Waals surface area contributed by atoms with E-state index in [1.54, 1.807) is 5.70 Å². The summed E-state index contributed by atoms with van der Waals surface area (Å²) in [5.74, 6) is 1.49. The number of nitrogens with one attached hydrogen (secondary N) is 2. The van der Waals surface area contributed by atoms with Gasteiger partial charge in [-0.15, -0.1) is 0 Å². The zero-order valence-corrected chi connectivity index (χ0v) is 22.1. The maximum absolute atomic E-state index is 4.06. The largest absolute Gasteiger partial charge is 0.372 e. The summed E-state index contributed by atoms with van der Waals surface area (Å²) in [6.45, 7) is 5.84. The van der Waals surface area contributed by atoms with E-state index in [2.05, 4.69) is 82.2 Å². The number of benzene rings is 2. The smallest absolute Gasteiger partial charge is 0.0773 e. The second-order valence-corrected chi connectivity index (χ2v) is 11.9. The Kier molecular flexibility index (Phi) is 6.97. The van der Waals surface area contributed by atoms with E-state index in [0.717, 1.165) is 12.5 Å². The predicted octanol–water partition coefficient (Wildman–Crippen LogP) is 7.61. The fourth-order valence-corrected chi connectivity index (χ4v) is 7.19. The van der Waals surface area contributed by atoms with Gasteiger partial charge < -0.3 is 15.6 Å². The van der Waals surface area contributed by atoms with Crippen molar-refractivity contribution in [2.24, 2.45) is 11.8 Å². The Labute approximate surface area is 218 Å². The van der Waals surface area contributed by atoms with Crippen LogP contribution < -0.4 is 15.6 Å². The fourth-order valence-electron chi connectivity index (χ4n) is 7.19. The van der Waals surface area contributed by atoms with Crippen molar-refractivity contribution in [3.8, 4) is 0 Å². The summed E-state index contributed by atoms with van der Waals surface area (Å²) in [4.78, 5) is 2.63. The average molecular weight is 485 g/mol. The second-order valence-electron chi connectivity index (χ2n) is 11.9. The SMILES string of the molecule is CC1C=C2N(C1)c1ccccc1NC21CCCC(CCCc2ccc(NN3CCCCC3)cc2)CC1. The van der Waals surface area contributed by atoms with Gasteiger partial charge >= 0.3 is 0 Å². The van der Waals surface area contributed by atoms with E-state index in [1.807, 2.05) is 0 Å². The van der Waals surface area contributed by atoms with Gasteiger partial charge in [-0.05, 0) is 86.6 Å². The molecule has 1 spiro atoms. The Balaban J connectivity index is 1.03. The van der Waals surface area contributed by atoms with E-state index < -0.39 is 0 Å². The molecule has 2 aromatic rings. The highest BCUT2D eigenvalue weighted by molar-refractivity contribution is 5.79. The van der Waals surface area contributed by atoms with Gasteiger partial charge in [-0.25, -0.2) is 5.01 Å². The lowest BCUT2D eigenvalue weighted by atomic mass is 9.83. The topological polar surface area (TPSA) is 30.5 Å². The molecule has 4 heteroatoms. The lowest BCUT2D eigenvalue weighted by Gasteiger charge is -2.46. The summed E-state index contributed by atoms with van der Waals surface area (Å²) < 4.78 is 0. The van der Waals surface area contributed by atoms with Crippen LogP contribution in [-0.4, -0.2) is 30.2 Å². The second kappa shape index (κ2) is 10.5. The number of nitrogens with zero attached hydrogens (tertiary/aromatic N) is 2. The lowest BCUT2D eigenvalue weighted by molar-refractivity contribution is 0.273. The molecule has 3 unspecified atom stereocenters. The van der Waals surface area contributed by atoms with E-state index in [4.69, 9.17) is 0 Å². The van der Waals surface area contributed by atoms with Crippen molar-refractivity contribution in [1.82, 2.24) is 5.01 Å².